The number of hydrogen-bond donors (Lipinski definition) is 3. The van der Waals surface area contributed by atoms with Crippen LogP contribution in [-0.4, -0.2) is 42.1 Å². The SMILES string of the molecule is CC.CC/C=C(\N=C(N)C1=CCC=C(C)C=C1)C1(SC)CCCC1.CNCCO. The van der Waals surface area contributed by atoms with Gasteiger partial charge in [0.15, 0.2) is 0 Å². The third-order valence-electron chi connectivity index (χ3n) is 4.87. The van der Waals surface area contributed by atoms with Crippen molar-refractivity contribution in [2.45, 2.75) is 71.0 Å². The molecule has 0 saturated heterocycles. The number of nitrogens with zero attached hydrogens (tertiary/aromatic N) is 1. The monoisotopic (exact) mass is 421 g/mol. The molecule has 0 aromatic carbocycles. The summed E-state index contributed by atoms with van der Waals surface area (Å²) in [6.07, 6.45) is 20.0. The van der Waals surface area contributed by atoms with E-state index in [0.717, 1.165) is 18.4 Å². The molecule has 0 radical (unpaired) electrons. The highest BCUT2D eigenvalue weighted by Gasteiger charge is 2.36. The highest BCUT2D eigenvalue weighted by molar-refractivity contribution is 8.00. The average Bonchev–Trinajstić information content (AvgIpc) is 3.13. The van der Waals surface area contributed by atoms with E-state index in [-0.39, 0.29) is 11.4 Å². The molecule has 1 saturated carbocycles. The molecule has 0 unspecified atom stereocenters. The number of hydrogen-bond acceptors (Lipinski definition) is 4. The lowest BCUT2D eigenvalue weighted by Gasteiger charge is -2.28. The first-order valence-electron chi connectivity index (χ1n) is 10.9. The molecule has 2 rings (SSSR count). The second-order valence-electron chi connectivity index (χ2n) is 6.90. The Morgan fingerprint density at radius 1 is 1.28 bits per heavy atom. The van der Waals surface area contributed by atoms with Gasteiger partial charge in [-0.15, -0.1) is 0 Å². The summed E-state index contributed by atoms with van der Waals surface area (Å²) in [7, 11) is 1.80. The van der Waals surface area contributed by atoms with Crippen LogP contribution in [0.1, 0.15) is 66.2 Å². The fourth-order valence-electron chi connectivity index (χ4n) is 3.26. The van der Waals surface area contributed by atoms with Crippen molar-refractivity contribution in [1.29, 1.82) is 0 Å². The standard InChI is InChI=1S/C19H28N2S.C3H9NO.C2H6/c1-4-8-17(19(22-3)13-5-6-14-19)21-18(20)16-10-7-9-15(2)11-12-16;1-4-2-3-5;1-2/h8-12H,4-7,13-14H2,1-3H3,(H2,20,21);4-5H,2-3H2,1H3;1-2H3/b17-8-;;. The summed E-state index contributed by atoms with van der Waals surface area (Å²) in [4.78, 5) is 4.87. The number of rotatable bonds is 7. The van der Waals surface area contributed by atoms with Crippen molar-refractivity contribution in [3.63, 3.8) is 0 Å². The number of nitrogens with one attached hydrogen (secondary N) is 1. The Bertz CT molecular complexity index is 595. The maximum absolute atomic E-state index is 8.00. The first kappa shape index (κ1) is 27.7. The van der Waals surface area contributed by atoms with Gasteiger partial charge in [-0.1, -0.05) is 69.6 Å². The normalized spacial score (nSPS) is 18.6. The number of allylic oxidation sites excluding steroid dienone is 5. The van der Waals surface area contributed by atoms with Crippen LogP contribution in [0.2, 0.25) is 0 Å². The van der Waals surface area contributed by atoms with Gasteiger partial charge < -0.3 is 16.2 Å². The third-order valence-corrected chi connectivity index (χ3v) is 6.27. The Morgan fingerprint density at radius 2 is 1.93 bits per heavy atom. The molecular weight excluding hydrogens is 378 g/mol. The minimum Gasteiger partial charge on any atom is -0.395 e. The van der Waals surface area contributed by atoms with Crippen LogP contribution in [-0.2, 0) is 0 Å². The lowest BCUT2D eigenvalue weighted by atomic mass is 10.0. The molecule has 2 aliphatic carbocycles. The van der Waals surface area contributed by atoms with Gasteiger partial charge in [0, 0.05) is 12.1 Å². The van der Waals surface area contributed by atoms with Crippen LogP contribution in [0.4, 0.5) is 0 Å². The molecule has 166 valence electrons. The zero-order chi connectivity index (χ0) is 22.1. The van der Waals surface area contributed by atoms with Crippen LogP contribution in [0, 0.1) is 0 Å². The topological polar surface area (TPSA) is 70.6 Å². The zero-order valence-electron chi connectivity index (χ0n) is 19.4. The van der Waals surface area contributed by atoms with E-state index in [1.54, 1.807) is 7.05 Å². The smallest absolute Gasteiger partial charge is 0.130 e. The van der Waals surface area contributed by atoms with Crippen molar-refractivity contribution in [1.82, 2.24) is 5.32 Å². The number of likely N-dealkylation sites (N-methyl/N-ethyl adjacent to an activating group) is 1. The van der Waals surface area contributed by atoms with Crippen molar-refractivity contribution in [2.75, 3.05) is 26.5 Å². The van der Waals surface area contributed by atoms with Crippen molar-refractivity contribution in [3.05, 3.63) is 47.2 Å². The van der Waals surface area contributed by atoms with Gasteiger partial charge in [0.2, 0.25) is 0 Å². The van der Waals surface area contributed by atoms with Crippen LogP contribution in [0.3, 0.4) is 0 Å². The van der Waals surface area contributed by atoms with Crippen LogP contribution in [0.15, 0.2) is 52.2 Å². The molecule has 0 heterocycles. The molecule has 0 aromatic heterocycles. The molecule has 0 aromatic rings. The highest BCUT2D eigenvalue weighted by atomic mass is 32.2. The van der Waals surface area contributed by atoms with E-state index in [1.165, 1.54) is 37.0 Å². The number of amidine groups is 1. The number of aliphatic imine (C=N–C) groups is 1. The maximum Gasteiger partial charge on any atom is 0.130 e. The predicted octanol–water partition coefficient (Wildman–Crippen LogP) is 5.37. The summed E-state index contributed by atoms with van der Waals surface area (Å²) in [5.41, 5.74) is 9.84. The van der Waals surface area contributed by atoms with Crippen molar-refractivity contribution in [2.24, 2.45) is 10.7 Å². The van der Waals surface area contributed by atoms with Gasteiger partial charge in [0.05, 0.1) is 17.1 Å². The molecule has 1 fully saturated rings. The summed E-state index contributed by atoms with van der Waals surface area (Å²) in [5.74, 6) is 0.652. The number of nitrogens with two attached hydrogens (primary N) is 1. The molecule has 0 bridgehead atoms. The summed E-state index contributed by atoms with van der Waals surface area (Å²) in [5, 5.41) is 10.8. The van der Waals surface area contributed by atoms with E-state index in [9.17, 15) is 0 Å². The lowest BCUT2D eigenvalue weighted by Crippen LogP contribution is -2.25. The molecule has 0 spiro atoms. The molecule has 0 atom stereocenters. The van der Waals surface area contributed by atoms with Gasteiger partial charge in [-0.05, 0) is 45.9 Å². The molecule has 0 amide bonds. The summed E-state index contributed by atoms with van der Waals surface area (Å²) < 4.78 is 0.170. The number of aliphatic hydroxyl groups excluding tert-OH is 1. The largest absolute Gasteiger partial charge is 0.395 e. The lowest BCUT2D eigenvalue weighted by molar-refractivity contribution is 0.296. The predicted molar refractivity (Wildman–Crippen MR) is 133 cm³/mol. The minimum atomic E-state index is 0.170. The minimum absolute atomic E-state index is 0.170. The molecule has 2 aliphatic rings. The fourth-order valence-corrected chi connectivity index (χ4v) is 4.30. The maximum atomic E-state index is 8.00. The summed E-state index contributed by atoms with van der Waals surface area (Å²) in [6, 6.07) is 0. The van der Waals surface area contributed by atoms with Crippen LogP contribution in [0.25, 0.3) is 0 Å². The van der Waals surface area contributed by atoms with E-state index >= 15 is 0 Å². The highest BCUT2D eigenvalue weighted by Crippen LogP contribution is 2.46. The van der Waals surface area contributed by atoms with Crippen molar-refractivity contribution < 1.29 is 5.11 Å². The Kier molecular flexibility index (Phi) is 15.8. The molecule has 5 heteroatoms. The van der Waals surface area contributed by atoms with Crippen LogP contribution in [0.5, 0.6) is 0 Å². The second-order valence-corrected chi connectivity index (χ2v) is 8.09. The number of thioether (sulfide) groups is 1. The first-order valence-corrected chi connectivity index (χ1v) is 12.2. The molecule has 0 aliphatic heterocycles. The third kappa shape index (κ3) is 9.83. The molecular formula is C24H43N3OS. The Balaban J connectivity index is 0.000000977. The van der Waals surface area contributed by atoms with Gasteiger partial charge in [-0.25, -0.2) is 4.99 Å². The molecule has 29 heavy (non-hydrogen) atoms. The van der Waals surface area contributed by atoms with Crippen LogP contribution >= 0.6 is 11.8 Å². The van der Waals surface area contributed by atoms with Gasteiger partial charge in [-0.2, -0.15) is 11.8 Å². The zero-order valence-corrected chi connectivity index (χ0v) is 20.2. The van der Waals surface area contributed by atoms with E-state index < -0.39 is 0 Å². The number of aliphatic hydroxyl groups is 1. The first-order chi connectivity index (χ1) is 14.0. The van der Waals surface area contributed by atoms with Gasteiger partial charge in [-0.3, -0.25) is 0 Å². The molecule has 4 N–H and O–H groups in total. The van der Waals surface area contributed by atoms with Crippen molar-refractivity contribution >= 4 is 17.6 Å². The Morgan fingerprint density at radius 3 is 2.41 bits per heavy atom. The Labute approximate surface area is 183 Å². The average molecular weight is 422 g/mol. The van der Waals surface area contributed by atoms with Gasteiger partial charge in [0.25, 0.3) is 0 Å². The van der Waals surface area contributed by atoms with Crippen molar-refractivity contribution in [3.8, 4) is 0 Å². The summed E-state index contributed by atoms with van der Waals surface area (Å²) in [6.45, 7) is 9.22. The quantitative estimate of drug-likeness (QED) is 0.382. The van der Waals surface area contributed by atoms with Gasteiger partial charge >= 0.3 is 0 Å². The Hall–Kier alpha value is -1.30. The second kappa shape index (κ2) is 16.5. The van der Waals surface area contributed by atoms with E-state index in [2.05, 4.69) is 55.8 Å². The fraction of sp³-hybridized carbons (Fsp3) is 0.625. The molecule has 4 nitrogen and oxygen atoms in total. The summed E-state index contributed by atoms with van der Waals surface area (Å²) >= 11 is 1.94. The van der Waals surface area contributed by atoms with E-state index in [1.807, 2.05) is 25.6 Å². The van der Waals surface area contributed by atoms with Crippen LogP contribution < -0.4 is 11.1 Å². The van der Waals surface area contributed by atoms with Gasteiger partial charge in [0.1, 0.15) is 5.84 Å². The van der Waals surface area contributed by atoms with E-state index in [4.69, 9.17) is 15.8 Å². The van der Waals surface area contributed by atoms with E-state index in [0.29, 0.717) is 12.4 Å².